The van der Waals surface area contributed by atoms with E-state index in [9.17, 15) is 0 Å². The Kier molecular flexibility index (Phi) is 6.47. The highest BCUT2D eigenvalue weighted by atomic mass is 35.8. The lowest BCUT2D eigenvalue weighted by molar-refractivity contribution is 1.86. The molecule has 0 saturated heterocycles. The Morgan fingerprint density at radius 1 is 0.727 bits per heavy atom. The summed E-state index contributed by atoms with van der Waals surface area (Å²) in [5.74, 6) is 0. The van der Waals surface area contributed by atoms with Gasteiger partial charge in [0, 0.05) is 9.52 Å². The molecule has 0 aliphatic heterocycles. The number of halogens is 6. The predicted octanol–water partition coefficient (Wildman–Crippen LogP) is 3.38. The fourth-order valence-electron chi connectivity index (χ4n) is 0.489. The van der Waals surface area contributed by atoms with Crippen molar-refractivity contribution in [3.05, 3.63) is 0 Å². The van der Waals surface area contributed by atoms with Crippen molar-refractivity contribution in [1.82, 2.24) is 0 Å². The Bertz CT molecular complexity index is 100.0. The normalized spacial score (nSPS) is 13.6. The summed E-state index contributed by atoms with van der Waals surface area (Å²) in [5.41, 5.74) is 1.41. The van der Waals surface area contributed by atoms with Gasteiger partial charge in [-0.25, -0.2) is 0 Å². The second kappa shape index (κ2) is 5.32. The summed E-state index contributed by atoms with van der Waals surface area (Å²) in [6.07, 6.45) is 0. The monoisotopic (exact) mass is 324 g/mol. The molecule has 0 fully saturated rings. The maximum Gasteiger partial charge on any atom is 0.338 e. The van der Waals surface area contributed by atoms with E-state index in [4.69, 9.17) is 66.5 Å². The van der Waals surface area contributed by atoms with Crippen molar-refractivity contribution in [2.45, 2.75) is 11.3 Å². The van der Waals surface area contributed by atoms with E-state index in [-0.39, 0.29) is 0 Å². The summed E-state index contributed by atoms with van der Waals surface area (Å²) in [4.78, 5) is 0. The lowest BCUT2D eigenvalue weighted by Gasteiger charge is -2.09. The molecule has 0 amide bonds. The van der Waals surface area contributed by atoms with Crippen LogP contribution >= 0.6 is 66.5 Å². The Labute approximate surface area is 98.5 Å². The molecule has 0 aromatic rings. The predicted molar refractivity (Wildman–Crippen MR) is 64.8 cm³/mol. The van der Waals surface area contributed by atoms with Crippen molar-refractivity contribution in [2.75, 3.05) is 0 Å². The van der Waals surface area contributed by atoms with Gasteiger partial charge in [-0.3, -0.25) is 0 Å². The topological polar surface area (TPSA) is 0 Å². The van der Waals surface area contributed by atoms with Crippen LogP contribution in [0.1, 0.15) is 0 Å². The summed E-state index contributed by atoms with van der Waals surface area (Å²) in [7, 11) is -0.465. The van der Waals surface area contributed by atoms with Crippen molar-refractivity contribution in [3.8, 4) is 0 Å². The largest absolute Gasteiger partial charge is 0.338 e. The Balaban J connectivity index is 3.44. The first kappa shape index (κ1) is 13.4. The molecule has 0 aliphatic carbocycles. The van der Waals surface area contributed by atoms with Crippen LogP contribution in [0.5, 0.6) is 0 Å². The average Bonchev–Trinajstić information content (AvgIpc) is 1.55. The lowest BCUT2D eigenvalue weighted by Crippen LogP contribution is -2.19. The highest BCUT2D eigenvalue weighted by Crippen LogP contribution is 2.28. The molecule has 0 aromatic heterocycles. The Morgan fingerprint density at radius 3 is 1.18 bits per heavy atom. The zero-order valence-corrected chi connectivity index (χ0v) is 13.3. The van der Waals surface area contributed by atoms with Gasteiger partial charge in [0.15, 0.2) is 0 Å². The van der Waals surface area contributed by atoms with E-state index < -0.39 is 21.5 Å². The van der Waals surface area contributed by atoms with E-state index in [1.807, 2.05) is 0 Å². The van der Waals surface area contributed by atoms with Gasteiger partial charge in [0.25, 0.3) is 0 Å². The first-order chi connectivity index (χ1) is 4.71. The zero-order valence-electron chi connectivity index (χ0n) is 5.39. The Hall–Kier alpha value is 2.39. The van der Waals surface area contributed by atoms with Crippen LogP contribution in [-0.4, -0.2) is 21.5 Å². The van der Waals surface area contributed by atoms with E-state index in [2.05, 4.69) is 0 Å². The molecule has 68 valence electrons. The summed E-state index contributed by atoms with van der Waals surface area (Å²) in [6.45, 7) is 0. The molecule has 0 aromatic carbocycles. The zero-order chi connectivity index (χ0) is 9.12. The third-order valence-electron chi connectivity index (χ3n) is 0.921. The molecule has 0 unspecified atom stereocenters. The van der Waals surface area contributed by atoms with E-state index in [1.54, 1.807) is 0 Å². The molecule has 0 heterocycles. The molecule has 0 radical (unpaired) electrons. The number of hydrogen-bond donors (Lipinski definition) is 0. The van der Waals surface area contributed by atoms with Crippen molar-refractivity contribution < 1.29 is 0 Å². The molecule has 0 N–H and O–H groups in total. The fraction of sp³-hybridized carbons (Fsp3) is 1.00. The van der Waals surface area contributed by atoms with Gasteiger partial charge >= 0.3 is 12.0 Å². The standard InChI is InChI=1S/C2H6Cl6Si3/c3-10(4,5)1-9-2-11(6,7)8/h1-2,9H2. The minimum absolute atomic E-state index is 0.465. The second-order valence-corrected chi connectivity index (χ2v) is 24.3. The maximum atomic E-state index is 5.65. The quantitative estimate of drug-likeness (QED) is 0.549. The van der Waals surface area contributed by atoms with Gasteiger partial charge in [0.1, 0.15) is 0 Å². The third-order valence-corrected chi connectivity index (χ3v) is 18.5. The number of rotatable bonds is 4. The molecule has 0 saturated carbocycles. The van der Waals surface area contributed by atoms with Crippen LogP contribution in [0.15, 0.2) is 0 Å². The molecular formula is C2H6Cl6Si3. The molecule has 0 nitrogen and oxygen atoms in total. The SMILES string of the molecule is Cl[Si](Cl)(Cl)C[SiH2]C[Si](Cl)(Cl)Cl. The second-order valence-electron chi connectivity index (χ2n) is 2.08. The smallest absolute Gasteiger partial charge is 0.126 e. The van der Waals surface area contributed by atoms with Crippen molar-refractivity contribution in [3.63, 3.8) is 0 Å². The summed E-state index contributed by atoms with van der Waals surface area (Å²) >= 11 is 33.9. The average molecular weight is 327 g/mol. The molecule has 0 rings (SSSR count). The number of hydrogen-bond acceptors (Lipinski definition) is 0. The van der Waals surface area contributed by atoms with Crippen LogP contribution in [0.4, 0.5) is 0 Å². The van der Waals surface area contributed by atoms with Gasteiger partial charge < -0.3 is 0 Å². The fourth-order valence-corrected chi connectivity index (χ4v) is 13.2. The van der Waals surface area contributed by atoms with Crippen LogP contribution in [-0.2, 0) is 0 Å². The first-order valence-corrected chi connectivity index (χ1v) is 15.3. The molecule has 0 spiro atoms. The highest BCUT2D eigenvalue weighted by Gasteiger charge is 2.29. The summed E-state index contributed by atoms with van der Waals surface area (Å²) < 4.78 is 0. The molecule has 11 heavy (non-hydrogen) atoms. The van der Waals surface area contributed by atoms with E-state index in [0.717, 1.165) is 0 Å². The minimum Gasteiger partial charge on any atom is -0.126 e. The van der Waals surface area contributed by atoms with Gasteiger partial charge in [0.2, 0.25) is 0 Å². The highest BCUT2D eigenvalue weighted by molar-refractivity contribution is 7.67. The molecular weight excluding hydrogens is 321 g/mol. The van der Waals surface area contributed by atoms with Crippen LogP contribution in [0, 0.1) is 0 Å². The van der Waals surface area contributed by atoms with Gasteiger partial charge in [-0.1, -0.05) is 0 Å². The molecule has 0 aliphatic rings. The van der Waals surface area contributed by atoms with Gasteiger partial charge in [-0.15, -0.1) is 66.5 Å². The van der Waals surface area contributed by atoms with Gasteiger partial charge in [-0.05, 0) is 11.3 Å². The van der Waals surface area contributed by atoms with Gasteiger partial charge in [-0.2, -0.15) is 0 Å². The van der Waals surface area contributed by atoms with Crippen LogP contribution in [0.25, 0.3) is 0 Å². The summed E-state index contributed by atoms with van der Waals surface area (Å²) in [5, 5.41) is 0. The Morgan fingerprint density at radius 2 is 1.00 bits per heavy atom. The van der Waals surface area contributed by atoms with Crippen LogP contribution in [0.3, 0.4) is 0 Å². The third kappa shape index (κ3) is 12.4. The van der Waals surface area contributed by atoms with Crippen molar-refractivity contribution >= 4 is 88.0 Å². The van der Waals surface area contributed by atoms with E-state index in [1.165, 1.54) is 0 Å². The first-order valence-electron chi connectivity index (χ1n) is 2.84. The van der Waals surface area contributed by atoms with Crippen molar-refractivity contribution in [1.29, 1.82) is 0 Å². The van der Waals surface area contributed by atoms with Crippen LogP contribution in [0.2, 0.25) is 11.3 Å². The lowest BCUT2D eigenvalue weighted by atomic mass is 11.8. The van der Waals surface area contributed by atoms with Gasteiger partial charge in [0.05, 0.1) is 0 Å². The van der Waals surface area contributed by atoms with E-state index in [0.29, 0.717) is 11.3 Å². The van der Waals surface area contributed by atoms with Crippen LogP contribution < -0.4 is 0 Å². The molecule has 0 atom stereocenters. The van der Waals surface area contributed by atoms with E-state index >= 15 is 0 Å². The minimum atomic E-state index is -2.43. The molecule has 9 heteroatoms. The summed E-state index contributed by atoms with van der Waals surface area (Å²) in [6, 6.07) is -4.86. The maximum absolute atomic E-state index is 5.65. The van der Waals surface area contributed by atoms with Crippen molar-refractivity contribution in [2.24, 2.45) is 0 Å². The molecule has 0 bridgehead atoms.